The van der Waals surface area contributed by atoms with Crippen LogP contribution in [0, 0.1) is 5.92 Å². The second-order valence-electron chi connectivity index (χ2n) is 3.93. The predicted octanol–water partition coefficient (Wildman–Crippen LogP) is 4.59. The molecule has 1 heterocycles. The summed E-state index contributed by atoms with van der Waals surface area (Å²) in [6.45, 7) is 0. The zero-order valence-electron chi connectivity index (χ0n) is 7.74. The molecule has 0 bridgehead atoms. The summed E-state index contributed by atoms with van der Waals surface area (Å²) >= 11 is 8.23. The van der Waals surface area contributed by atoms with Gasteiger partial charge in [-0.1, -0.05) is 18.2 Å². The third-order valence-corrected chi connectivity index (χ3v) is 4.42. The molecule has 0 nitrogen and oxygen atoms in total. The maximum atomic E-state index is 6.43. The Hall–Kier alpha value is -0.530. The molecule has 1 aromatic heterocycles. The van der Waals surface area contributed by atoms with Gasteiger partial charge in [-0.15, -0.1) is 22.9 Å². The number of hydrogen-bond acceptors (Lipinski definition) is 1. The molecule has 0 amide bonds. The SMILES string of the molecule is ClC(c1csc2ccccc12)C1CC1. The highest BCUT2D eigenvalue weighted by Gasteiger charge is 2.31. The minimum absolute atomic E-state index is 0.242. The van der Waals surface area contributed by atoms with E-state index in [2.05, 4.69) is 29.6 Å². The topological polar surface area (TPSA) is 0 Å². The zero-order valence-corrected chi connectivity index (χ0v) is 9.31. The molecule has 72 valence electrons. The first-order chi connectivity index (χ1) is 6.86. The minimum atomic E-state index is 0.242. The van der Waals surface area contributed by atoms with Crippen LogP contribution in [0.15, 0.2) is 29.6 Å². The molecule has 1 atom stereocenters. The van der Waals surface area contributed by atoms with E-state index < -0.39 is 0 Å². The van der Waals surface area contributed by atoms with Crippen LogP contribution in [0.2, 0.25) is 0 Å². The molecule has 14 heavy (non-hydrogen) atoms. The summed E-state index contributed by atoms with van der Waals surface area (Å²) in [7, 11) is 0. The van der Waals surface area contributed by atoms with Crippen molar-refractivity contribution >= 4 is 33.0 Å². The maximum absolute atomic E-state index is 6.43. The lowest BCUT2D eigenvalue weighted by molar-refractivity contribution is 0.806. The molecule has 0 spiro atoms. The van der Waals surface area contributed by atoms with Gasteiger partial charge < -0.3 is 0 Å². The summed E-state index contributed by atoms with van der Waals surface area (Å²) in [6, 6.07) is 8.52. The summed E-state index contributed by atoms with van der Waals surface area (Å²) in [5.74, 6) is 0.731. The molecule has 3 rings (SSSR count). The van der Waals surface area contributed by atoms with Crippen molar-refractivity contribution in [2.75, 3.05) is 0 Å². The fourth-order valence-corrected chi connectivity index (χ4v) is 3.36. The largest absolute Gasteiger partial charge is 0.143 e. The Bertz CT molecular complexity index is 456. The van der Waals surface area contributed by atoms with Gasteiger partial charge in [0.05, 0.1) is 5.38 Å². The first-order valence-electron chi connectivity index (χ1n) is 4.96. The van der Waals surface area contributed by atoms with E-state index >= 15 is 0 Å². The molecule has 1 aromatic carbocycles. The van der Waals surface area contributed by atoms with Crippen LogP contribution < -0.4 is 0 Å². The molecule has 1 saturated carbocycles. The Morgan fingerprint density at radius 2 is 2.07 bits per heavy atom. The van der Waals surface area contributed by atoms with Gasteiger partial charge in [0.2, 0.25) is 0 Å². The first-order valence-corrected chi connectivity index (χ1v) is 6.28. The summed E-state index contributed by atoms with van der Waals surface area (Å²) < 4.78 is 1.36. The van der Waals surface area contributed by atoms with Crippen molar-refractivity contribution in [2.24, 2.45) is 5.92 Å². The maximum Gasteiger partial charge on any atom is 0.0627 e. The quantitative estimate of drug-likeness (QED) is 0.652. The van der Waals surface area contributed by atoms with Crippen LogP contribution in [0.3, 0.4) is 0 Å². The molecular formula is C12H11ClS. The van der Waals surface area contributed by atoms with E-state index in [0.29, 0.717) is 0 Å². The van der Waals surface area contributed by atoms with E-state index in [9.17, 15) is 0 Å². The van der Waals surface area contributed by atoms with Gasteiger partial charge in [0.15, 0.2) is 0 Å². The Balaban J connectivity index is 2.11. The fourth-order valence-electron chi connectivity index (χ4n) is 1.85. The lowest BCUT2D eigenvalue weighted by Gasteiger charge is -2.05. The number of alkyl halides is 1. The Labute approximate surface area is 92.5 Å². The molecule has 1 fully saturated rings. The molecule has 1 unspecified atom stereocenters. The Morgan fingerprint density at radius 3 is 2.86 bits per heavy atom. The number of thiophene rings is 1. The van der Waals surface area contributed by atoms with Crippen molar-refractivity contribution in [1.29, 1.82) is 0 Å². The van der Waals surface area contributed by atoms with Gasteiger partial charge in [0, 0.05) is 4.70 Å². The second kappa shape index (κ2) is 3.25. The van der Waals surface area contributed by atoms with Crippen molar-refractivity contribution in [3.05, 3.63) is 35.2 Å². The average Bonchev–Trinajstić information content (AvgIpc) is 2.97. The van der Waals surface area contributed by atoms with Crippen molar-refractivity contribution in [3.8, 4) is 0 Å². The Morgan fingerprint density at radius 1 is 1.29 bits per heavy atom. The van der Waals surface area contributed by atoms with Gasteiger partial charge in [-0.25, -0.2) is 0 Å². The van der Waals surface area contributed by atoms with Crippen LogP contribution in [-0.2, 0) is 0 Å². The summed E-state index contributed by atoms with van der Waals surface area (Å²) in [5, 5.41) is 3.82. The molecule has 2 heteroatoms. The number of fused-ring (bicyclic) bond motifs is 1. The third kappa shape index (κ3) is 1.35. The van der Waals surface area contributed by atoms with E-state index in [1.165, 1.54) is 28.5 Å². The Kier molecular flexibility index (Phi) is 2.03. The summed E-state index contributed by atoms with van der Waals surface area (Å²) in [4.78, 5) is 0. The standard InChI is InChI=1S/C12H11ClS/c13-12(8-5-6-8)10-7-14-11-4-2-1-3-9(10)11/h1-4,7-8,12H,5-6H2. The normalized spacial score (nSPS) is 18.6. The van der Waals surface area contributed by atoms with Crippen LogP contribution in [0.4, 0.5) is 0 Å². The van der Waals surface area contributed by atoms with E-state index in [1.54, 1.807) is 11.3 Å². The monoisotopic (exact) mass is 222 g/mol. The van der Waals surface area contributed by atoms with Gasteiger partial charge in [-0.2, -0.15) is 0 Å². The number of hydrogen-bond donors (Lipinski definition) is 0. The molecular weight excluding hydrogens is 212 g/mol. The predicted molar refractivity (Wildman–Crippen MR) is 63.1 cm³/mol. The number of benzene rings is 1. The second-order valence-corrected chi connectivity index (χ2v) is 5.31. The smallest absolute Gasteiger partial charge is 0.0627 e. The number of halogens is 1. The molecule has 1 aliphatic rings. The van der Waals surface area contributed by atoms with E-state index in [1.807, 2.05) is 0 Å². The summed E-state index contributed by atoms with van der Waals surface area (Å²) in [6.07, 6.45) is 2.61. The third-order valence-electron chi connectivity index (χ3n) is 2.84. The van der Waals surface area contributed by atoms with Gasteiger partial charge in [-0.05, 0) is 41.2 Å². The van der Waals surface area contributed by atoms with E-state index in [0.717, 1.165) is 5.92 Å². The fraction of sp³-hybridized carbons (Fsp3) is 0.333. The average molecular weight is 223 g/mol. The van der Waals surface area contributed by atoms with Crippen LogP contribution >= 0.6 is 22.9 Å². The highest BCUT2D eigenvalue weighted by atomic mass is 35.5. The van der Waals surface area contributed by atoms with Crippen molar-refractivity contribution in [3.63, 3.8) is 0 Å². The van der Waals surface area contributed by atoms with Crippen molar-refractivity contribution in [2.45, 2.75) is 18.2 Å². The van der Waals surface area contributed by atoms with Crippen LogP contribution in [0.5, 0.6) is 0 Å². The lowest BCUT2D eigenvalue weighted by atomic mass is 10.1. The zero-order chi connectivity index (χ0) is 9.54. The van der Waals surface area contributed by atoms with Gasteiger partial charge >= 0.3 is 0 Å². The van der Waals surface area contributed by atoms with Crippen molar-refractivity contribution in [1.82, 2.24) is 0 Å². The molecule has 0 radical (unpaired) electrons. The highest BCUT2D eigenvalue weighted by molar-refractivity contribution is 7.17. The molecule has 0 saturated heterocycles. The van der Waals surface area contributed by atoms with E-state index in [4.69, 9.17) is 11.6 Å². The molecule has 0 aliphatic heterocycles. The summed E-state index contributed by atoms with van der Waals surface area (Å²) in [5.41, 5.74) is 1.34. The van der Waals surface area contributed by atoms with Crippen LogP contribution in [0.25, 0.3) is 10.1 Å². The highest BCUT2D eigenvalue weighted by Crippen LogP contribution is 2.47. The molecule has 1 aliphatic carbocycles. The van der Waals surface area contributed by atoms with Gasteiger partial charge in [0.1, 0.15) is 0 Å². The van der Waals surface area contributed by atoms with Crippen LogP contribution in [0.1, 0.15) is 23.8 Å². The van der Waals surface area contributed by atoms with Crippen molar-refractivity contribution < 1.29 is 0 Å². The molecule has 0 N–H and O–H groups in total. The lowest BCUT2D eigenvalue weighted by Crippen LogP contribution is -1.89. The van der Waals surface area contributed by atoms with Gasteiger partial charge in [0.25, 0.3) is 0 Å². The van der Waals surface area contributed by atoms with Gasteiger partial charge in [-0.3, -0.25) is 0 Å². The minimum Gasteiger partial charge on any atom is -0.143 e. The number of rotatable bonds is 2. The molecule has 2 aromatic rings. The van der Waals surface area contributed by atoms with Crippen LogP contribution in [-0.4, -0.2) is 0 Å². The first kappa shape index (κ1) is 8.75. The van der Waals surface area contributed by atoms with E-state index in [-0.39, 0.29) is 5.38 Å².